The van der Waals surface area contributed by atoms with Crippen LogP contribution in [0.4, 0.5) is 0 Å². The van der Waals surface area contributed by atoms with E-state index in [1.54, 1.807) is 0 Å². The number of ketones is 1. The molecule has 1 fully saturated rings. The largest absolute Gasteiger partial charge is 0.367 e. The van der Waals surface area contributed by atoms with Crippen LogP contribution in [0.1, 0.15) is 35.3 Å². The van der Waals surface area contributed by atoms with Gasteiger partial charge in [0.25, 0.3) is 0 Å². The van der Waals surface area contributed by atoms with Gasteiger partial charge in [-0.3, -0.25) is 9.69 Å². The standard InChI is InChI=1S/C16H23NO2/c1-11(2)17-7-8-19-15(10-17)16(18)14-9-12(3)5-6-13(14)4/h5-6,9,11,15H,7-8,10H2,1-4H3. The summed E-state index contributed by atoms with van der Waals surface area (Å²) in [5.74, 6) is 0.117. The molecule has 1 aromatic rings. The highest BCUT2D eigenvalue weighted by molar-refractivity contribution is 6.01. The summed E-state index contributed by atoms with van der Waals surface area (Å²) >= 11 is 0. The SMILES string of the molecule is Cc1ccc(C)c(C(=O)C2CN(C(C)C)CCO2)c1. The summed E-state index contributed by atoms with van der Waals surface area (Å²) in [6.45, 7) is 10.6. The third-order valence-corrected chi connectivity index (χ3v) is 3.78. The van der Waals surface area contributed by atoms with Crippen molar-refractivity contribution in [2.75, 3.05) is 19.7 Å². The highest BCUT2D eigenvalue weighted by Crippen LogP contribution is 2.17. The van der Waals surface area contributed by atoms with E-state index in [-0.39, 0.29) is 11.9 Å². The summed E-state index contributed by atoms with van der Waals surface area (Å²) in [7, 11) is 0. The van der Waals surface area contributed by atoms with Crippen molar-refractivity contribution in [3.63, 3.8) is 0 Å². The topological polar surface area (TPSA) is 29.5 Å². The zero-order chi connectivity index (χ0) is 14.0. The first-order valence-electron chi connectivity index (χ1n) is 6.96. The number of aryl methyl sites for hydroxylation is 2. The van der Waals surface area contributed by atoms with Crippen LogP contribution in [-0.4, -0.2) is 42.5 Å². The molecule has 0 aromatic heterocycles. The molecule has 1 atom stereocenters. The smallest absolute Gasteiger partial charge is 0.193 e. The number of carbonyl (C=O) groups excluding carboxylic acids is 1. The third kappa shape index (κ3) is 3.23. The van der Waals surface area contributed by atoms with E-state index < -0.39 is 0 Å². The van der Waals surface area contributed by atoms with Crippen LogP contribution in [0, 0.1) is 13.8 Å². The minimum absolute atomic E-state index is 0.117. The molecule has 1 saturated heterocycles. The van der Waals surface area contributed by atoms with E-state index in [1.165, 1.54) is 0 Å². The van der Waals surface area contributed by atoms with E-state index in [0.29, 0.717) is 19.2 Å². The summed E-state index contributed by atoms with van der Waals surface area (Å²) in [5.41, 5.74) is 2.95. The van der Waals surface area contributed by atoms with E-state index in [9.17, 15) is 4.79 Å². The maximum Gasteiger partial charge on any atom is 0.193 e. The quantitative estimate of drug-likeness (QED) is 0.783. The van der Waals surface area contributed by atoms with Crippen LogP contribution >= 0.6 is 0 Å². The normalized spacial score (nSPS) is 20.8. The number of carbonyl (C=O) groups is 1. The molecule has 1 aliphatic rings. The fourth-order valence-corrected chi connectivity index (χ4v) is 2.47. The lowest BCUT2D eigenvalue weighted by Gasteiger charge is -2.35. The van der Waals surface area contributed by atoms with Crippen molar-refractivity contribution >= 4 is 5.78 Å². The van der Waals surface area contributed by atoms with Crippen molar-refractivity contribution in [3.05, 3.63) is 34.9 Å². The average Bonchev–Trinajstić information content (AvgIpc) is 2.41. The second-order valence-electron chi connectivity index (χ2n) is 5.63. The van der Waals surface area contributed by atoms with Gasteiger partial charge in [-0.15, -0.1) is 0 Å². The summed E-state index contributed by atoms with van der Waals surface area (Å²) in [6, 6.07) is 6.47. The predicted octanol–water partition coefficient (Wildman–Crippen LogP) is 2.60. The van der Waals surface area contributed by atoms with Gasteiger partial charge in [-0.05, 0) is 39.3 Å². The first-order chi connectivity index (χ1) is 8.99. The van der Waals surface area contributed by atoms with Gasteiger partial charge in [0.1, 0.15) is 6.10 Å². The van der Waals surface area contributed by atoms with E-state index in [0.717, 1.165) is 23.2 Å². The molecule has 3 heteroatoms. The Kier molecular flexibility index (Phi) is 4.38. The number of benzene rings is 1. The Morgan fingerprint density at radius 2 is 2.11 bits per heavy atom. The molecule has 0 bridgehead atoms. The number of nitrogens with zero attached hydrogens (tertiary/aromatic N) is 1. The molecule has 1 unspecified atom stereocenters. The molecule has 0 radical (unpaired) electrons. The van der Waals surface area contributed by atoms with Crippen molar-refractivity contribution < 1.29 is 9.53 Å². The number of ether oxygens (including phenoxy) is 1. The fraction of sp³-hybridized carbons (Fsp3) is 0.562. The van der Waals surface area contributed by atoms with Crippen molar-refractivity contribution in [2.45, 2.75) is 39.8 Å². The number of morpholine rings is 1. The summed E-state index contributed by atoms with van der Waals surface area (Å²) in [6.07, 6.45) is -0.323. The molecule has 19 heavy (non-hydrogen) atoms. The molecular weight excluding hydrogens is 238 g/mol. The van der Waals surface area contributed by atoms with E-state index >= 15 is 0 Å². The summed E-state index contributed by atoms with van der Waals surface area (Å²) in [5, 5.41) is 0. The van der Waals surface area contributed by atoms with Crippen LogP contribution < -0.4 is 0 Å². The lowest BCUT2D eigenvalue weighted by molar-refractivity contribution is -0.0256. The molecule has 1 aromatic carbocycles. The van der Waals surface area contributed by atoms with E-state index in [1.807, 2.05) is 32.0 Å². The molecule has 0 saturated carbocycles. The Morgan fingerprint density at radius 1 is 1.37 bits per heavy atom. The molecule has 104 valence electrons. The van der Waals surface area contributed by atoms with Gasteiger partial charge < -0.3 is 4.74 Å². The van der Waals surface area contributed by atoms with Crippen LogP contribution in [-0.2, 0) is 4.74 Å². The molecule has 3 nitrogen and oxygen atoms in total. The minimum atomic E-state index is -0.323. The van der Waals surface area contributed by atoms with Gasteiger partial charge in [-0.2, -0.15) is 0 Å². The highest BCUT2D eigenvalue weighted by atomic mass is 16.5. The zero-order valence-corrected chi connectivity index (χ0v) is 12.3. The summed E-state index contributed by atoms with van der Waals surface area (Å²) < 4.78 is 5.68. The second kappa shape index (κ2) is 5.85. The first kappa shape index (κ1) is 14.2. The van der Waals surface area contributed by atoms with Gasteiger partial charge in [-0.25, -0.2) is 0 Å². The van der Waals surface area contributed by atoms with Crippen LogP contribution in [0.5, 0.6) is 0 Å². The number of hydrogen-bond acceptors (Lipinski definition) is 3. The van der Waals surface area contributed by atoms with Gasteiger partial charge in [0.05, 0.1) is 6.61 Å². The Hall–Kier alpha value is -1.19. The summed E-state index contributed by atoms with van der Waals surface area (Å²) in [4.78, 5) is 14.9. The fourth-order valence-electron chi connectivity index (χ4n) is 2.47. The molecular formula is C16H23NO2. The van der Waals surface area contributed by atoms with Gasteiger partial charge in [0.2, 0.25) is 0 Å². The zero-order valence-electron chi connectivity index (χ0n) is 12.3. The molecule has 0 aliphatic carbocycles. The average molecular weight is 261 g/mol. The van der Waals surface area contributed by atoms with Gasteiger partial charge >= 0.3 is 0 Å². The maximum absolute atomic E-state index is 12.6. The highest BCUT2D eigenvalue weighted by Gasteiger charge is 2.29. The molecule has 0 N–H and O–H groups in total. The van der Waals surface area contributed by atoms with Gasteiger partial charge in [0.15, 0.2) is 5.78 Å². The van der Waals surface area contributed by atoms with Crippen molar-refractivity contribution in [1.82, 2.24) is 4.90 Å². The minimum Gasteiger partial charge on any atom is -0.367 e. The Labute approximate surface area is 115 Å². The third-order valence-electron chi connectivity index (χ3n) is 3.78. The second-order valence-corrected chi connectivity index (χ2v) is 5.63. The molecule has 2 rings (SSSR count). The van der Waals surface area contributed by atoms with Gasteiger partial charge in [0, 0.05) is 24.7 Å². The van der Waals surface area contributed by atoms with Crippen LogP contribution in [0.15, 0.2) is 18.2 Å². The number of rotatable bonds is 3. The number of Topliss-reactive ketones (excluding diaryl/α,β-unsaturated/α-hetero) is 1. The maximum atomic E-state index is 12.6. The van der Waals surface area contributed by atoms with Crippen molar-refractivity contribution in [1.29, 1.82) is 0 Å². The molecule has 0 spiro atoms. The van der Waals surface area contributed by atoms with E-state index in [2.05, 4.69) is 18.7 Å². The van der Waals surface area contributed by atoms with Crippen molar-refractivity contribution in [2.24, 2.45) is 0 Å². The molecule has 0 amide bonds. The van der Waals surface area contributed by atoms with Gasteiger partial charge in [-0.1, -0.05) is 17.7 Å². The first-order valence-corrected chi connectivity index (χ1v) is 6.96. The van der Waals surface area contributed by atoms with Crippen LogP contribution in [0.3, 0.4) is 0 Å². The van der Waals surface area contributed by atoms with Crippen LogP contribution in [0.2, 0.25) is 0 Å². The predicted molar refractivity (Wildman–Crippen MR) is 76.7 cm³/mol. The Bertz CT molecular complexity index is 468. The van der Waals surface area contributed by atoms with Crippen molar-refractivity contribution in [3.8, 4) is 0 Å². The Balaban J connectivity index is 2.17. The monoisotopic (exact) mass is 261 g/mol. The van der Waals surface area contributed by atoms with Crippen LogP contribution in [0.25, 0.3) is 0 Å². The molecule has 1 heterocycles. The lowest BCUT2D eigenvalue weighted by Crippen LogP contribution is -2.48. The molecule has 1 aliphatic heterocycles. The lowest BCUT2D eigenvalue weighted by atomic mass is 9.98. The van der Waals surface area contributed by atoms with E-state index in [4.69, 9.17) is 4.74 Å². The number of hydrogen-bond donors (Lipinski definition) is 0. The Morgan fingerprint density at radius 3 is 2.79 bits per heavy atom.